The maximum absolute atomic E-state index is 12.7. The van der Waals surface area contributed by atoms with Crippen molar-refractivity contribution in [2.75, 3.05) is 19.8 Å². The Balaban J connectivity index is 2.03. The smallest absolute Gasteiger partial charge is 0.408 e. The summed E-state index contributed by atoms with van der Waals surface area (Å²) in [5.74, 6) is -1.80. The van der Waals surface area contributed by atoms with E-state index in [1.54, 1.807) is 26.0 Å². The van der Waals surface area contributed by atoms with Crippen molar-refractivity contribution in [2.45, 2.75) is 32.9 Å². The van der Waals surface area contributed by atoms with E-state index in [1.165, 1.54) is 0 Å². The highest BCUT2D eigenvalue weighted by molar-refractivity contribution is 5.94. The summed E-state index contributed by atoms with van der Waals surface area (Å²) in [6.45, 7) is 3.31. The van der Waals surface area contributed by atoms with E-state index in [4.69, 9.17) is 14.2 Å². The van der Waals surface area contributed by atoms with Crippen LogP contribution in [0.4, 0.5) is 4.79 Å². The van der Waals surface area contributed by atoms with Crippen LogP contribution < -0.4 is 5.32 Å². The number of amides is 2. The third-order valence-corrected chi connectivity index (χ3v) is 3.99. The number of likely N-dealkylation sites (tertiary alicyclic amines) is 1. The first-order chi connectivity index (χ1) is 13.9. The highest BCUT2D eigenvalue weighted by atomic mass is 16.5. The summed E-state index contributed by atoms with van der Waals surface area (Å²) < 4.78 is 14.9. The fourth-order valence-corrected chi connectivity index (χ4v) is 2.73. The Morgan fingerprint density at radius 3 is 2.45 bits per heavy atom. The van der Waals surface area contributed by atoms with Gasteiger partial charge in [0.05, 0.1) is 13.2 Å². The number of esters is 2. The van der Waals surface area contributed by atoms with Gasteiger partial charge in [-0.25, -0.2) is 9.59 Å². The lowest BCUT2D eigenvalue weighted by atomic mass is 10.2. The van der Waals surface area contributed by atoms with Crippen LogP contribution >= 0.6 is 0 Å². The molecule has 156 valence electrons. The highest BCUT2D eigenvalue weighted by Gasteiger charge is 2.38. The zero-order valence-electron chi connectivity index (χ0n) is 16.4. The monoisotopic (exact) mass is 404 g/mol. The van der Waals surface area contributed by atoms with E-state index in [-0.39, 0.29) is 38.5 Å². The molecule has 1 aliphatic rings. The van der Waals surface area contributed by atoms with Crippen molar-refractivity contribution in [2.24, 2.45) is 0 Å². The summed E-state index contributed by atoms with van der Waals surface area (Å²) in [6.07, 6.45) is 0.385. The van der Waals surface area contributed by atoms with Crippen LogP contribution in [0.15, 0.2) is 42.1 Å². The lowest BCUT2D eigenvalue weighted by Gasteiger charge is -2.17. The Labute approximate surface area is 168 Å². The molecule has 0 radical (unpaired) electrons. The Kier molecular flexibility index (Phi) is 8.20. The minimum absolute atomic E-state index is 0.0253. The van der Waals surface area contributed by atoms with Crippen molar-refractivity contribution >= 4 is 23.9 Å². The molecule has 1 aromatic rings. The summed E-state index contributed by atoms with van der Waals surface area (Å²) in [6, 6.07) is 8.11. The number of alkyl carbamates (subject to hydrolysis) is 1. The second-order valence-corrected chi connectivity index (χ2v) is 6.08. The quantitative estimate of drug-likeness (QED) is 0.397. The van der Waals surface area contributed by atoms with Crippen LogP contribution in [0.2, 0.25) is 0 Å². The Morgan fingerprint density at radius 1 is 1.10 bits per heavy atom. The van der Waals surface area contributed by atoms with Gasteiger partial charge in [-0.2, -0.15) is 0 Å². The molecular formula is C20H24N2O7. The van der Waals surface area contributed by atoms with Gasteiger partial charge in [0.25, 0.3) is 0 Å². The Bertz CT molecular complexity index is 776. The van der Waals surface area contributed by atoms with Gasteiger partial charge in [-0.05, 0) is 19.4 Å². The molecule has 0 aliphatic carbocycles. The molecule has 1 heterocycles. The second kappa shape index (κ2) is 10.8. The van der Waals surface area contributed by atoms with Crippen molar-refractivity contribution in [1.29, 1.82) is 0 Å². The van der Waals surface area contributed by atoms with Crippen molar-refractivity contribution in [3.05, 3.63) is 47.7 Å². The summed E-state index contributed by atoms with van der Waals surface area (Å²) in [5, 5.41) is 2.47. The highest BCUT2D eigenvalue weighted by Crippen LogP contribution is 2.23. The number of hydrogen-bond acceptors (Lipinski definition) is 7. The predicted octanol–water partition coefficient (Wildman–Crippen LogP) is 1.52. The number of ether oxygens (including phenoxy) is 3. The number of carbonyl (C=O) groups is 4. The largest absolute Gasteiger partial charge is 0.465 e. The molecule has 0 unspecified atom stereocenters. The van der Waals surface area contributed by atoms with Gasteiger partial charge < -0.3 is 24.4 Å². The number of nitrogens with one attached hydrogen (secondary N) is 1. The molecule has 1 saturated heterocycles. The van der Waals surface area contributed by atoms with Crippen LogP contribution in [0.1, 0.15) is 25.8 Å². The fraction of sp³-hybridized carbons (Fsp3) is 0.400. The van der Waals surface area contributed by atoms with Crippen molar-refractivity contribution in [3.63, 3.8) is 0 Å². The summed E-state index contributed by atoms with van der Waals surface area (Å²) in [7, 11) is 0. The average molecular weight is 404 g/mol. The SMILES string of the molecule is CCOC(=O)C=C1C[C@H](NC(=O)OCc2ccccc2)C(=O)N1CC(=O)OCC. The van der Waals surface area contributed by atoms with Crippen LogP contribution in [0.5, 0.6) is 0 Å². The first-order valence-electron chi connectivity index (χ1n) is 9.26. The van der Waals surface area contributed by atoms with E-state index in [1.807, 2.05) is 18.2 Å². The van der Waals surface area contributed by atoms with Crippen molar-refractivity contribution < 1.29 is 33.4 Å². The first kappa shape index (κ1) is 21.9. The third-order valence-electron chi connectivity index (χ3n) is 3.99. The molecule has 1 fully saturated rings. The molecule has 29 heavy (non-hydrogen) atoms. The molecule has 1 atom stereocenters. The van der Waals surface area contributed by atoms with E-state index in [0.717, 1.165) is 16.5 Å². The van der Waals surface area contributed by atoms with E-state index < -0.39 is 30.0 Å². The lowest BCUT2D eigenvalue weighted by molar-refractivity contribution is -0.147. The maximum atomic E-state index is 12.7. The number of benzene rings is 1. The molecular weight excluding hydrogens is 380 g/mol. The normalized spacial score (nSPS) is 17.2. The number of nitrogens with zero attached hydrogens (tertiary/aromatic N) is 1. The van der Waals surface area contributed by atoms with E-state index >= 15 is 0 Å². The minimum Gasteiger partial charge on any atom is -0.465 e. The Morgan fingerprint density at radius 2 is 1.79 bits per heavy atom. The van der Waals surface area contributed by atoms with E-state index in [9.17, 15) is 19.2 Å². The number of hydrogen-bond donors (Lipinski definition) is 1. The molecule has 9 heteroatoms. The average Bonchev–Trinajstić information content (AvgIpc) is 2.96. The Hall–Kier alpha value is -3.36. The lowest BCUT2D eigenvalue weighted by Crippen LogP contribution is -2.42. The first-order valence-corrected chi connectivity index (χ1v) is 9.26. The molecule has 1 N–H and O–H groups in total. The molecule has 0 saturated carbocycles. The summed E-state index contributed by atoms with van der Waals surface area (Å²) >= 11 is 0. The molecule has 9 nitrogen and oxygen atoms in total. The molecule has 1 aliphatic heterocycles. The third kappa shape index (κ3) is 6.63. The van der Waals surface area contributed by atoms with Gasteiger partial charge in [0.2, 0.25) is 5.91 Å². The minimum atomic E-state index is -0.964. The predicted molar refractivity (Wildman–Crippen MR) is 101 cm³/mol. The van der Waals surface area contributed by atoms with Crippen LogP contribution in [-0.2, 0) is 35.2 Å². The standard InChI is InChI=1S/C20H24N2O7/c1-3-27-17(23)11-15-10-16(19(25)22(15)12-18(24)28-4-2)21-20(26)29-13-14-8-6-5-7-9-14/h5-9,11,16H,3-4,10,12-13H2,1-2H3,(H,21,26)/t16-/m0/s1. The number of carbonyl (C=O) groups excluding carboxylic acids is 4. The number of rotatable bonds is 8. The fourth-order valence-electron chi connectivity index (χ4n) is 2.73. The van der Waals surface area contributed by atoms with Crippen molar-refractivity contribution in [1.82, 2.24) is 10.2 Å². The van der Waals surface area contributed by atoms with Crippen LogP contribution in [-0.4, -0.2) is 54.6 Å². The van der Waals surface area contributed by atoms with Crippen molar-refractivity contribution in [3.8, 4) is 0 Å². The second-order valence-electron chi connectivity index (χ2n) is 6.08. The summed E-state index contributed by atoms with van der Waals surface area (Å²) in [5.41, 5.74) is 1.06. The van der Waals surface area contributed by atoms with Gasteiger partial charge in [-0.1, -0.05) is 30.3 Å². The topological polar surface area (TPSA) is 111 Å². The molecule has 1 aromatic carbocycles. The molecule has 2 rings (SSSR count). The summed E-state index contributed by atoms with van der Waals surface area (Å²) in [4.78, 5) is 49.4. The zero-order chi connectivity index (χ0) is 21.2. The van der Waals surface area contributed by atoms with Crippen LogP contribution in [0.25, 0.3) is 0 Å². The van der Waals surface area contributed by atoms with E-state index in [2.05, 4.69) is 5.32 Å². The zero-order valence-corrected chi connectivity index (χ0v) is 16.4. The molecule has 0 spiro atoms. The van der Waals surface area contributed by atoms with Gasteiger partial charge >= 0.3 is 18.0 Å². The maximum Gasteiger partial charge on any atom is 0.408 e. The molecule has 0 bridgehead atoms. The van der Waals surface area contributed by atoms with Gasteiger partial charge in [0, 0.05) is 18.2 Å². The molecule has 2 amide bonds. The van der Waals surface area contributed by atoms with Gasteiger partial charge in [-0.15, -0.1) is 0 Å². The van der Waals surface area contributed by atoms with Gasteiger partial charge in [0.1, 0.15) is 19.2 Å². The van der Waals surface area contributed by atoms with Gasteiger partial charge in [-0.3, -0.25) is 9.59 Å². The van der Waals surface area contributed by atoms with Crippen LogP contribution in [0, 0.1) is 0 Å². The molecule has 0 aromatic heterocycles. The van der Waals surface area contributed by atoms with Gasteiger partial charge in [0.15, 0.2) is 0 Å². The van der Waals surface area contributed by atoms with Crippen LogP contribution in [0.3, 0.4) is 0 Å². The van der Waals surface area contributed by atoms with E-state index in [0.29, 0.717) is 0 Å².